The van der Waals surface area contributed by atoms with Crippen LogP contribution in [-0.2, 0) is 16.1 Å². The fraction of sp³-hybridized carbons (Fsp3) is 0.167. The lowest BCUT2D eigenvalue weighted by atomic mass is 10.2. The van der Waals surface area contributed by atoms with Crippen molar-refractivity contribution in [2.24, 2.45) is 0 Å². The first-order chi connectivity index (χ1) is 12.4. The highest BCUT2D eigenvalue weighted by Crippen LogP contribution is 2.21. The number of rotatable bonds is 5. The number of amides is 2. The van der Waals surface area contributed by atoms with Gasteiger partial charge < -0.3 is 20.1 Å². The fourth-order valence-electron chi connectivity index (χ4n) is 2.11. The van der Waals surface area contributed by atoms with Gasteiger partial charge in [0.1, 0.15) is 5.75 Å². The number of hydrogen-bond acceptors (Lipinski definition) is 5. The molecule has 2 rings (SSSR count). The molecule has 0 aromatic heterocycles. The molecule has 2 N–H and O–H groups in total. The summed E-state index contributed by atoms with van der Waals surface area (Å²) in [6.07, 6.45) is 0. The molecule has 0 saturated carbocycles. The molecule has 0 aliphatic carbocycles. The minimum atomic E-state index is -0.557. The number of hydrogen-bond donors (Lipinski definition) is 2. The SMILES string of the molecule is COC(=O)c1ccc(NC(=O)NCc2cccc(OC(C)=O)c2)cc1Cl. The molecule has 0 atom stereocenters. The molecule has 0 aliphatic rings. The van der Waals surface area contributed by atoms with Crippen molar-refractivity contribution in [3.05, 3.63) is 58.6 Å². The average molecular weight is 377 g/mol. The van der Waals surface area contributed by atoms with Crippen LogP contribution in [0.5, 0.6) is 5.75 Å². The summed E-state index contributed by atoms with van der Waals surface area (Å²) in [5.41, 5.74) is 1.40. The monoisotopic (exact) mass is 376 g/mol. The Bertz CT molecular complexity index is 838. The van der Waals surface area contributed by atoms with Crippen LogP contribution in [0.4, 0.5) is 10.5 Å². The highest BCUT2D eigenvalue weighted by atomic mass is 35.5. The second-order valence-electron chi connectivity index (χ2n) is 5.23. The second kappa shape index (κ2) is 8.87. The number of carbonyl (C=O) groups excluding carboxylic acids is 3. The van der Waals surface area contributed by atoms with E-state index >= 15 is 0 Å². The van der Waals surface area contributed by atoms with Gasteiger partial charge in [0.15, 0.2) is 0 Å². The van der Waals surface area contributed by atoms with Crippen LogP contribution >= 0.6 is 11.6 Å². The van der Waals surface area contributed by atoms with Crippen LogP contribution in [0.25, 0.3) is 0 Å². The lowest BCUT2D eigenvalue weighted by Gasteiger charge is -2.10. The Kier molecular flexibility index (Phi) is 6.57. The summed E-state index contributed by atoms with van der Waals surface area (Å²) in [6, 6.07) is 10.8. The molecule has 0 radical (unpaired) electrons. The highest BCUT2D eigenvalue weighted by molar-refractivity contribution is 6.33. The predicted octanol–water partition coefficient (Wildman–Crippen LogP) is 3.37. The Morgan fingerprint density at radius 2 is 1.88 bits per heavy atom. The number of ether oxygens (including phenoxy) is 2. The number of nitrogens with one attached hydrogen (secondary N) is 2. The van der Waals surface area contributed by atoms with Crippen molar-refractivity contribution >= 4 is 35.3 Å². The summed E-state index contributed by atoms with van der Waals surface area (Å²) in [4.78, 5) is 34.4. The third-order valence-corrected chi connectivity index (χ3v) is 3.56. The molecule has 2 amide bonds. The summed E-state index contributed by atoms with van der Waals surface area (Å²) in [7, 11) is 1.26. The molecule has 0 heterocycles. The number of carbonyl (C=O) groups is 3. The van der Waals surface area contributed by atoms with Crippen LogP contribution in [0.1, 0.15) is 22.8 Å². The van der Waals surface area contributed by atoms with Gasteiger partial charge >= 0.3 is 18.0 Å². The molecule has 0 fully saturated rings. The smallest absolute Gasteiger partial charge is 0.339 e. The molecule has 26 heavy (non-hydrogen) atoms. The Hall–Kier alpha value is -3.06. The summed E-state index contributed by atoms with van der Waals surface area (Å²) in [5, 5.41) is 5.45. The van der Waals surface area contributed by atoms with Gasteiger partial charge in [0, 0.05) is 19.2 Å². The number of esters is 2. The van der Waals surface area contributed by atoms with E-state index in [2.05, 4.69) is 15.4 Å². The Labute approximate surface area is 155 Å². The van der Waals surface area contributed by atoms with Crippen LogP contribution < -0.4 is 15.4 Å². The van der Waals surface area contributed by atoms with E-state index in [1.54, 1.807) is 30.3 Å². The van der Waals surface area contributed by atoms with Crippen molar-refractivity contribution in [2.45, 2.75) is 13.5 Å². The lowest BCUT2D eigenvalue weighted by Crippen LogP contribution is -2.28. The molecule has 2 aromatic carbocycles. The predicted molar refractivity (Wildman–Crippen MR) is 96.4 cm³/mol. The van der Waals surface area contributed by atoms with Gasteiger partial charge in [-0.25, -0.2) is 9.59 Å². The molecule has 0 aliphatic heterocycles. The van der Waals surface area contributed by atoms with Gasteiger partial charge in [-0.05, 0) is 35.9 Å². The number of benzene rings is 2. The zero-order valence-electron chi connectivity index (χ0n) is 14.2. The number of anilines is 1. The van der Waals surface area contributed by atoms with Gasteiger partial charge in [0.25, 0.3) is 0 Å². The van der Waals surface area contributed by atoms with E-state index in [0.29, 0.717) is 11.4 Å². The zero-order valence-corrected chi connectivity index (χ0v) is 14.9. The maximum atomic E-state index is 12.0. The molecular weight excluding hydrogens is 360 g/mol. The first kappa shape index (κ1) is 19.3. The van der Waals surface area contributed by atoms with Crippen LogP contribution in [0, 0.1) is 0 Å². The van der Waals surface area contributed by atoms with Crippen LogP contribution in [0.3, 0.4) is 0 Å². The largest absolute Gasteiger partial charge is 0.465 e. The van der Waals surface area contributed by atoms with E-state index in [4.69, 9.17) is 16.3 Å². The number of urea groups is 1. The number of halogens is 1. The molecule has 136 valence electrons. The van der Waals surface area contributed by atoms with Crippen molar-refractivity contribution in [1.82, 2.24) is 5.32 Å². The molecular formula is C18H17ClN2O5. The lowest BCUT2D eigenvalue weighted by molar-refractivity contribution is -0.131. The van der Waals surface area contributed by atoms with Gasteiger partial charge in [-0.2, -0.15) is 0 Å². The van der Waals surface area contributed by atoms with Crippen molar-refractivity contribution in [1.29, 1.82) is 0 Å². The molecule has 0 spiro atoms. The summed E-state index contributed by atoms with van der Waals surface area (Å²) < 4.78 is 9.60. The van der Waals surface area contributed by atoms with Gasteiger partial charge in [-0.1, -0.05) is 23.7 Å². The van der Waals surface area contributed by atoms with Crippen molar-refractivity contribution in [3.8, 4) is 5.75 Å². The third kappa shape index (κ3) is 5.49. The first-order valence-corrected chi connectivity index (χ1v) is 7.97. The van der Waals surface area contributed by atoms with Gasteiger partial charge in [0.2, 0.25) is 0 Å². The topological polar surface area (TPSA) is 93.7 Å². The van der Waals surface area contributed by atoms with Crippen molar-refractivity contribution < 1.29 is 23.9 Å². The standard InChI is InChI=1S/C18H17ClN2O5/c1-11(22)26-14-5-3-4-12(8-14)10-20-18(24)21-13-6-7-15(16(19)9-13)17(23)25-2/h3-9H,10H2,1-2H3,(H2,20,21,24). The van der Waals surface area contributed by atoms with E-state index in [-0.39, 0.29) is 17.1 Å². The fourth-order valence-corrected chi connectivity index (χ4v) is 2.37. The van der Waals surface area contributed by atoms with Crippen molar-refractivity contribution in [3.63, 3.8) is 0 Å². The van der Waals surface area contributed by atoms with E-state index in [0.717, 1.165) is 5.56 Å². The number of methoxy groups -OCH3 is 1. The zero-order chi connectivity index (χ0) is 19.1. The summed E-state index contributed by atoms with van der Waals surface area (Å²) >= 11 is 6.00. The second-order valence-corrected chi connectivity index (χ2v) is 5.64. The Balaban J connectivity index is 1.94. The van der Waals surface area contributed by atoms with E-state index in [1.807, 2.05) is 0 Å². The van der Waals surface area contributed by atoms with Gasteiger partial charge in [-0.3, -0.25) is 4.79 Å². The van der Waals surface area contributed by atoms with Crippen LogP contribution in [0.2, 0.25) is 5.02 Å². The third-order valence-electron chi connectivity index (χ3n) is 3.25. The van der Waals surface area contributed by atoms with E-state index < -0.39 is 18.0 Å². The summed E-state index contributed by atoms with van der Waals surface area (Å²) in [6.45, 7) is 1.55. The molecule has 2 aromatic rings. The molecule has 7 nitrogen and oxygen atoms in total. The van der Waals surface area contributed by atoms with Gasteiger partial charge in [-0.15, -0.1) is 0 Å². The first-order valence-electron chi connectivity index (χ1n) is 7.59. The maximum absolute atomic E-state index is 12.0. The normalized spacial score (nSPS) is 9.96. The van der Waals surface area contributed by atoms with Crippen molar-refractivity contribution in [2.75, 3.05) is 12.4 Å². The average Bonchev–Trinajstić information content (AvgIpc) is 2.59. The van der Waals surface area contributed by atoms with Crippen LogP contribution in [-0.4, -0.2) is 25.1 Å². The maximum Gasteiger partial charge on any atom is 0.339 e. The summed E-state index contributed by atoms with van der Waals surface area (Å²) in [5.74, 6) is -0.568. The molecule has 0 bridgehead atoms. The molecule has 8 heteroatoms. The Morgan fingerprint density at radius 1 is 1.12 bits per heavy atom. The van der Waals surface area contributed by atoms with Crippen LogP contribution in [0.15, 0.2) is 42.5 Å². The minimum absolute atomic E-state index is 0.170. The Morgan fingerprint density at radius 3 is 2.54 bits per heavy atom. The quantitative estimate of drug-likeness (QED) is 0.616. The van der Waals surface area contributed by atoms with E-state index in [9.17, 15) is 14.4 Å². The molecule has 0 saturated heterocycles. The molecule has 0 unspecified atom stereocenters. The minimum Gasteiger partial charge on any atom is -0.465 e. The highest BCUT2D eigenvalue weighted by Gasteiger charge is 2.12. The van der Waals surface area contributed by atoms with E-state index in [1.165, 1.54) is 26.2 Å². The van der Waals surface area contributed by atoms with Gasteiger partial charge in [0.05, 0.1) is 17.7 Å².